The summed E-state index contributed by atoms with van der Waals surface area (Å²) >= 11 is 0. The lowest BCUT2D eigenvalue weighted by Crippen LogP contribution is -2.20. The summed E-state index contributed by atoms with van der Waals surface area (Å²) in [6.07, 6.45) is -4.39. The summed E-state index contributed by atoms with van der Waals surface area (Å²) in [4.78, 5) is 7.44. The number of anilines is 1. The normalized spacial score (nSPS) is 11.3. The third-order valence-electron chi connectivity index (χ3n) is 1.35. The molecule has 1 heterocycles. The molecule has 0 aromatic carbocycles. The van der Waals surface area contributed by atoms with Crippen molar-refractivity contribution < 1.29 is 17.9 Å². The molecule has 0 fully saturated rings. The Hall–Kier alpha value is -1.57. The van der Waals surface area contributed by atoms with E-state index in [0.717, 1.165) is 0 Å². The smallest absolute Gasteiger partial charge is 0.422 e. The molecule has 1 aromatic heterocycles. The van der Waals surface area contributed by atoms with Crippen molar-refractivity contribution in [3.63, 3.8) is 0 Å². The monoisotopic (exact) mass is 222 g/mol. The molecular weight excluding hydrogens is 213 g/mol. The van der Waals surface area contributed by atoms with E-state index in [2.05, 4.69) is 20.1 Å². The van der Waals surface area contributed by atoms with Crippen molar-refractivity contribution >= 4 is 5.82 Å². The Morgan fingerprint density at radius 3 is 2.67 bits per heavy atom. The van der Waals surface area contributed by atoms with E-state index in [4.69, 9.17) is 5.84 Å². The Balaban J connectivity index is 2.73. The second-order valence-electron chi connectivity index (χ2n) is 2.69. The predicted molar refractivity (Wildman–Crippen MR) is 46.1 cm³/mol. The molecule has 15 heavy (non-hydrogen) atoms. The van der Waals surface area contributed by atoms with Gasteiger partial charge in [0.15, 0.2) is 6.61 Å². The number of hydrazine groups is 1. The highest BCUT2D eigenvalue weighted by atomic mass is 19.4. The molecule has 0 saturated heterocycles. The first-order chi connectivity index (χ1) is 6.90. The molecule has 5 nitrogen and oxygen atoms in total. The highest BCUT2D eigenvalue weighted by Gasteiger charge is 2.28. The van der Waals surface area contributed by atoms with Gasteiger partial charge in [0.05, 0.1) is 0 Å². The molecule has 0 bridgehead atoms. The van der Waals surface area contributed by atoms with Crippen LogP contribution in [0, 0.1) is 6.92 Å². The number of aromatic nitrogens is 2. The number of hydrogen-bond donors (Lipinski definition) is 2. The zero-order chi connectivity index (χ0) is 11.5. The van der Waals surface area contributed by atoms with Gasteiger partial charge in [0.25, 0.3) is 0 Å². The Bertz CT molecular complexity index is 341. The van der Waals surface area contributed by atoms with E-state index in [1.807, 2.05) is 0 Å². The summed E-state index contributed by atoms with van der Waals surface area (Å²) in [6.45, 7) is 0.120. The van der Waals surface area contributed by atoms with Crippen molar-refractivity contribution in [3.05, 3.63) is 11.9 Å². The average molecular weight is 222 g/mol. The van der Waals surface area contributed by atoms with Crippen LogP contribution in [0.15, 0.2) is 6.07 Å². The van der Waals surface area contributed by atoms with Crippen LogP contribution in [0.1, 0.15) is 5.82 Å². The highest BCUT2D eigenvalue weighted by Crippen LogP contribution is 2.18. The van der Waals surface area contributed by atoms with Crippen molar-refractivity contribution in [2.24, 2.45) is 5.84 Å². The fourth-order valence-electron chi connectivity index (χ4n) is 0.844. The largest absolute Gasteiger partial charge is 0.468 e. The zero-order valence-corrected chi connectivity index (χ0v) is 7.80. The fourth-order valence-corrected chi connectivity index (χ4v) is 0.844. The number of nitrogen functional groups attached to an aromatic ring is 1. The SMILES string of the molecule is Cc1nc(NN)cc(OCC(F)(F)F)n1. The van der Waals surface area contributed by atoms with Crippen LogP contribution in [-0.4, -0.2) is 22.8 Å². The number of alkyl halides is 3. The lowest BCUT2D eigenvalue weighted by molar-refractivity contribution is -0.154. The molecule has 1 rings (SSSR count). The van der Waals surface area contributed by atoms with Crippen LogP contribution in [0.25, 0.3) is 0 Å². The van der Waals surface area contributed by atoms with Gasteiger partial charge in [-0.2, -0.15) is 18.2 Å². The summed E-state index contributed by atoms with van der Waals surface area (Å²) in [5.74, 6) is 5.34. The van der Waals surface area contributed by atoms with Crippen molar-refractivity contribution in [2.75, 3.05) is 12.0 Å². The van der Waals surface area contributed by atoms with Crippen LogP contribution in [0.5, 0.6) is 5.88 Å². The Kier molecular flexibility index (Phi) is 3.30. The number of nitrogens with one attached hydrogen (secondary N) is 1. The molecule has 0 spiro atoms. The first kappa shape index (κ1) is 11.5. The van der Waals surface area contributed by atoms with Crippen molar-refractivity contribution in [3.8, 4) is 5.88 Å². The van der Waals surface area contributed by atoms with Gasteiger partial charge in [-0.25, -0.2) is 10.8 Å². The van der Waals surface area contributed by atoms with Gasteiger partial charge >= 0.3 is 6.18 Å². The van der Waals surface area contributed by atoms with Gasteiger partial charge in [0.1, 0.15) is 11.6 Å². The standard InChI is InChI=1S/C7H9F3N4O/c1-4-12-5(14-11)2-6(13-4)15-3-7(8,9)10/h2H,3,11H2,1H3,(H,12,13,14). The molecule has 8 heteroatoms. The van der Waals surface area contributed by atoms with Gasteiger partial charge in [-0.05, 0) is 6.92 Å². The highest BCUT2D eigenvalue weighted by molar-refractivity contribution is 5.36. The van der Waals surface area contributed by atoms with E-state index in [9.17, 15) is 13.2 Å². The molecule has 0 aliphatic carbocycles. The fraction of sp³-hybridized carbons (Fsp3) is 0.429. The van der Waals surface area contributed by atoms with Gasteiger partial charge in [-0.1, -0.05) is 0 Å². The number of rotatable bonds is 3. The van der Waals surface area contributed by atoms with Gasteiger partial charge < -0.3 is 10.2 Å². The summed E-state index contributed by atoms with van der Waals surface area (Å²) in [7, 11) is 0. The summed E-state index contributed by atoms with van der Waals surface area (Å²) in [6, 6.07) is 1.18. The van der Waals surface area contributed by atoms with E-state index in [0.29, 0.717) is 0 Å². The van der Waals surface area contributed by atoms with Crippen LogP contribution >= 0.6 is 0 Å². The first-order valence-corrected chi connectivity index (χ1v) is 3.92. The number of nitrogens with zero attached hydrogens (tertiary/aromatic N) is 2. The molecule has 0 aliphatic heterocycles. The first-order valence-electron chi connectivity index (χ1n) is 3.92. The minimum atomic E-state index is -4.39. The number of nitrogens with two attached hydrogens (primary N) is 1. The van der Waals surface area contributed by atoms with Gasteiger partial charge in [-0.15, -0.1) is 0 Å². The third kappa shape index (κ3) is 3.98. The van der Waals surface area contributed by atoms with E-state index in [1.54, 1.807) is 0 Å². The predicted octanol–water partition coefficient (Wildman–Crippen LogP) is 1.01. The van der Waals surface area contributed by atoms with Gasteiger partial charge in [-0.3, -0.25) is 0 Å². The molecule has 0 amide bonds. The van der Waals surface area contributed by atoms with Gasteiger partial charge in [0, 0.05) is 6.07 Å². The van der Waals surface area contributed by atoms with Crippen molar-refractivity contribution in [1.29, 1.82) is 0 Å². The van der Waals surface area contributed by atoms with Crippen LogP contribution in [0.3, 0.4) is 0 Å². The molecule has 0 atom stereocenters. The van der Waals surface area contributed by atoms with Gasteiger partial charge in [0.2, 0.25) is 5.88 Å². The topological polar surface area (TPSA) is 73.1 Å². The minimum Gasteiger partial charge on any atom is -0.468 e. The quantitative estimate of drug-likeness (QED) is 0.589. The third-order valence-corrected chi connectivity index (χ3v) is 1.35. The molecule has 0 aliphatic rings. The maximum Gasteiger partial charge on any atom is 0.422 e. The van der Waals surface area contributed by atoms with E-state index in [1.165, 1.54) is 13.0 Å². The van der Waals surface area contributed by atoms with E-state index < -0.39 is 12.8 Å². The lowest BCUT2D eigenvalue weighted by Gasteiger charge is -2.09. The summed E-state index contributed by atoms with van der Waals surface area (Å²) in [5.41, 5.74) is 2.19. The lowest BCUT2D eigenvalue weighted by atomic mass is 10.5. The van der Waals surface area contributed by atoms with Crippen molar-refractivity contribution in [2.45, 2.75) is 13.1 Å². The van der Waals surface area contributed by atoms with E-state index >= 15 is 0 Å². The minimum absolute atomic E-state index is 0.173. The van der Waals surface area contributed by atoms with Crippen LogP contribution < -0.4 is 16.0 Å². The summed E-state index contributed by atoms with van der Waals surface area (Å²) < 4.78 is 39.9. The van der Waals surface area contributed by atoms with E-state index in [-0.39, 0.29) is 17.5 Å². The molecular formula is C7H9F3N4O. The summed E-state index contributed by atoms with van der Waals surface area (Å²) in [5, 5.41) is 0. The number of ether oxygens (including phenoxy) is 1. The second-order valence-corrected chi connectivity index (χ2v) is 2.69. The Morgan fingerprint density at radius 1 is 1.47 bits per heavy atom. The second kappa shape index (κ2) is 4.30. The molecule has 0 unspecified atom stereocenters. The maximum absolute atomic E-state index is 11.8. The number of halogens is 3. The zero-order valence-electron chi connectivity index (χ0n) is 7.80. The van der Waals surface area contributed by atoms with Crippen LogP contribution in [-0.2, 0) is 0 Å². The Morgan fingerprint density at radius 2 is 2.13 bits per heavy atom. The van der Waals surface area contributed by atoms with Crippen LogP contribution in [0.2, 0.25) is 0 Å². The molecule has 1 aromatic rings. The number of aryl methyl sites for hydroxylation is 1. The average Bonchev–Trinajstić information content (AvgIpc) is 2.13. The molecule has 0 saturated carbocycles. The van der Waals surface area contributed by atoms with Crippen molar-refractivity contribution in [1.82, 2.24) is 9.97 Å². The molecule has 3 N–H and O–H groups in total. The molecule has 84 valence electrons. The Labute approximate surface area is 83.4 Å². The molecule has 0 radical (unpaired) electrons. The number of hydrogen-bond acceptors (Lipinski definition) is 5. The maximum atomic E-state index is 11.8. The van der Waals surface area contributed by atoms with Crippen LogP contribution in [0.4, 0.5) is 19.0 Å².